The van der Waals surface area contributed by atoms with Crippen LogP contribution < -0.4 is 11.1 Å². The van der Waals surface area contributed by atoms with Crippen molar-refractivity contribution >= 4 is 5.91 Å². The Morgan fingerprint density at radius 3 is 2.65 bits per heavy atom. The van der Waals surface area contributed by atoms with Crippen LogP contribution in [0.3, 0.4) is 0 Å². The Bertz CT molecular complexity index is 213. The van der Waals surface area contributed by atoms with E-state index >= 15 is 0 Å². The number of carbonyl (C=O) groups is 1. The zero-order chi connectivity index (χ0) is 12.5. The molecule has 1 aliphatic carbocycles. The second-order valence-electron chi connectivity index (χ2n) is 4.93. The standard InChI is InChI=1S/C13H26N2O2/c1-17-10-2-9-15-13(16)12-5-3-11(4-6-12)7-8-14/h11-12H,2-10,14H2,1H3,(H,15,16). The monoisotopic (exact) mass is 242 g/mol. The summed E-state index contributed by atoms with van der Waals surface area (Å²) < 4.78 is 4.95. The molecule has 0 aliphatic heterocycles. The Hall–Kier alpha value is -0.610. The van der Waals surface area contributed by atoms with E-state index in [9.17, 15) is 4.79 Å². The zero-order valence-electron chi connectivity index (χ0n) is 10.9. The number of nitrogens with one attached hydrogen (secondary N) is 1. The van der Waals surface area contributed by atoms with E-state index in [-0.39, 0.29) is 11.8 Å². The van der Waals surface area contributed by atoms with Gasteiger partial charge in [-0.2, -0.15) is 0 Å². The molecule has 0 bridgehead atoms. The van der Waals surface area contributed by atoms with Crippen molar-refractivity contribution in [2.75, 3.05) is 26.8 Å². The van der Waals surface area contributed by atoms with Gasteiger partial charge in [-0.1, -0.05) is 0 Å². The quantitative estimate of drug-likeness (QED) is 0.661. The summed E-state index contributed by atoms with van der Waals surface area (Å²) >= 11 is 0. The largest absolute Gasteiger partial charge is 0.385 e. The summed E-state index contributed by atoms with van der Waals surface area (Å²) in [6.07, 6.45) is 6.38. The Balaban J connectivity index is 2.12. The third-order valence-electron chi connectivity index (χ3n) is 3.62. The molecule has 0 unspecified atom stereocenters. The van der Waals surface area contributed by atoms with Crippen LogP contribution in [0.4, 0.5) is 0 Å². The van der Waals surface area contributed by atoms with E-state index < -0.39 is 0 Å². The fraction of sp³-hybridized carbons (Fsp3) is 0.923. The first-order chi connectivity index (χ1) is 8.27. The Labute approximate surface area is 104 Å². The first kappa shape index (κ1) is 14.5. The summed E-state index contributed by atoms with van der Waals surface area (Å²) in [7, 11) is 1.68. The van der Waals surface area contributed by atoms with Gasteiger partial charge in [0, 0.05) is 26.2 Å². The molecule has 4 nitrogen and oxygen atoms in total. The lowest BCUT2D eigenvalue weighted by Gasteiger charge is -2.27. The lowest BCUT2D eigenvalue weighted by Crippen LogP contribution is -2.34. The molecule has 0 heterocycles. The molecule has 0 aromatic carbocycles. The molecule has 1 saturated carbocycles. The number of carbonyl (C=O) groups excluding carboxylic acids is 1. The number of rotatable bonds is 7. The molecule has 1 amide bonds. The lowest BCUT2D eigenvalue weighted by atomic mass is 9.80. The van der Waals surface area contributed by atoms with Gasteiger partial charge in [0.15, 0.2) is 0 Å². The molecule has 0 radical (unpaired) electrons. The molecule has 3 N–H and O–H groups in total. The summed E-state index contributed by atoms with van der Waals surface area (Å²) in [4.78, 5) is 11.8. The molecule has 0 atom stereocenters. The number of ether oxygens (including phenoxy) is 1. The molecule has 0 aromatic rings. The van der Waals surface area contributed by atoms with Crippen molar-refractivity contribution in [2.45, 2.75) is 38.5 Å². The van der Waals surface area contributed by atoms with E-state index in [0.29, 0.717) is 6.61 Å². The van der Waals surface area contributed by atoms with Crippen LogP contribution in [-0.4, -0.2) is 32.7 Å². The summed E-state index contributed by atoms with van der Waals surface area (Å²) in [5, 5.41) is 2.99. The molecule has 100 valence electrons. The van der Waals surface area contributed by atoms with Gasteiger partial charge in [0.1, 0.15) is 0 Å². The molecule has 1 fully saturated rings. The fourth-order valence-electron chi connectivity index (χ4n) is 2.52. The fourth-order valence-corrected chi connectivity index (χ4v) is 2.52. The number of nitrogens with two attached hydrogens (primary N) is 1. The summed E-state index contributed by atoms with van der Waals surface area (Å²) in [5.41, 5.74) is 5.56. The predicted octanol–water partition coefficient (Wildman–Crippen LogP) is 1.29. The van der Waals surface area contributed by atoms with Gasteiger partial charge in [0.05, 0.1) is 0 Å². The van der Waals surface area contributed by atoms with E-state index in [1.807, 2.05) is 0 Å². The van der Waals surface area contributed by atoms with Crippen molar-refractivity contribution in [3.63, 3.8) is 0 Å². The molecule has 17 heavy (non-hydrogen) atoms. The predicted molar refractivity (Wildman–Crippen MR) is 68.6 cm³/mol. The van der Waals surface area contributed by atoms with Gasteiger partial charge >= 0.3 is 0 Å². The van der Waals surface area contributed by atoms with Gasteiger partial charge in [0.2, 0.25) is 5.91 Å². The van der Waals surface area contributed by atoms with Crippen LogP contribution in [0.1, 0.15) is 38.5 Å². The van der Waals surface area contributed by atoms with Crippen molar-refractivity contribution < 1.29 is 9.53 Å². The van der Waals surface area contributed by atoms with Gasteiger partial charge in [-0.25, -0.2) is 0 Å². The summed E-state index contributed by atoms with van der Waals surface area (Å²) in [6.45, 7) is 2.22. The highest BCUT2D eigenvalue weighted by Gasteiger charge is 2.25. The number of hydrogen-bond acceptors (Lipinski definition) is 3. The second-order valence-corrected chi connectivity index (χ2v) is 4.93. The highest BCUT2D eigenvalue weighted by atomic mass is 16.5. The van der Waals surface area contributed by atoms with E-state index in [2.05, 4.69) is 5.32 Å². The summed E-state index contributed by atoms with van der Waals surface area (Å²) in [6, 6.07) is 0. The first-order valence-electron chi connectivity index (χ1n) is 6.74. The molecule has 4 heteroatoms. The van der Waals surface area contributed by atoms with Gasteiger partial charge in [-0.3, -0.25) is 4.79 Å². The molecule has 1 aliphatic rings. The van der Waals surface area contributed by atoms with Crippen LogP contribution in [0.2, 0.25) is 0 Å². The minimum Gasteiger partial charge on any atom is -0.385 e. The van der Waals surface area contributed by atoms with Crippen molar-refractivity contribution in [2.24, 2.45) is 17.6 Å². The molecular weight excluding hydrogens is 216 g/mol. The van der Waals surface area contributed by atoms with Crippen molar-refractivity contribution in [1.82, 2.24) is 5.32 Å². The van der Waals surface area contributed by atoms with Crippen LogP contribution in [-0.2, 0) is 9.53 Å². The van der Waals surface area contributed by atoms with Crippen LogP contribution in [0.25, 0.3) is 0 Å². The van der Waals surface area contributed by atoms with Gasteiger partial charge in [0.25, 0.3) is 0 Å². The summed E-state index contributed by atoms with van der Waals surface area (Å²) in [5.74, 6) is 1.21. The van der Waals surface area contributed by atoms with E-state index in [1.54, 1.807) is 7.11 Å². The molecule has 1 rings (SSSR count). The lowest BCUT2D eigenvalue weighted by molar-refractivity contribution is -0.126. The zero-order valence-corrected chi connectivity index (χ0v) is 10.9. The molecule has 0 aromatic heterocycles. The topological polar surface area (TPSA) is 64.3 Å². The van der Waals surface area contributed by atoms with Crippen LogP contribution in [0.15, 0.2) is 0 Å². The second kappa shape index (κ2) is 8.48. The SMILES string of the molecule is COCCCNC(=O)C1CCC(CCN)CC1. The average molecular weight is 242 g/mol. The maximum atomic E-state index is 11.8. The minimum absolute atomic E-state index is 0.228. The molecular formula is C13H26N2O2. The number of hydrogen-bond donors (Lipinski definition) is 2. The van der Waals surface area contributed by atoms with Crippen molar-refractivity contribution in [3.05, 3.63) is 0 Å². The smallest absolute Gasteiger partial charge is 0.223 e. The first-order valence-corrected chi connectivity index (χ1v) is 6.74. The Morgan fingerprint density at radius 2 is 2.06 bits per heavy atom. The molecule has 0 spiro atoms. The van der Waals surface area contributed by atoms with Crippen LogP contribution in [0.5, 0.6) is 0 Å². The maximum Gasteiger partial charge on any atom is 0.223 e. The maximum absolute atomic E-state index is 11.8. The minimum atomic E-state index is 0.228. The van der Waals surface area contributed by atoms with Crippen molar-refractivity contribution in [1.29, 1.82) is 0 Å². The normalized spacial score (nSPS) is 24.6. The highest BCUT2D eigenvalue weighted by molar-refractivity contribution is 5.78. The third kappa shape index (κ3) is 5.50. The average Bonchev–Trinajstić information content (AvgIpc) is 2.36. The van der Waals surface area contributed by atoms with E-state index in [0.717, 1.165) is 57.5 Å². The van der Waals surface area contributed by atoms with E-state index in [4.69, 9.17) is 10.5 Å². The number of amides is 1. The molecule has 0 saturated heterocycles. The third-order valence-corrected chi connectivity index (χ3v) is 3.62. The van der Waals surface area contributed by atoms with Crippen LogP contribution >= 0.6 is 0 Å². The van der Waals surface area contributed by atoms with Crippen LogP contribution in [0, 0.1) is 11.8 Å². The van der Waals surface area contributed by atoms with Gasteiger partial charge in [-0.05, 0) is 51.0 Å². The van der Waals surface area contributed by atoms with Gasteiger partial charge in [-0.15, -0.1) is 0 Å². The van der Waals surface area contributed by atoms with Gasteiger partial charge < -0.3 is 15.8 Å². The van der Waals surface area contributed by atoms with E-state index in [1.165, 1.54) is 0 Å². The highest BCUT2D eigenvalue weighted by Crippen LogP contribution is 2.30. The van der Waals surface area contributed by atoms with Crippen molar-refractivity contribution in [3.8, 4) is 0 Å². The Kier molecular flexibility index (Phi) is 7.21. The Morgan fingerprint density at radius 1 is 1.35 bits per heavy atom. The number of methoxy groups -OCH3 is 1.